The van der Waals surface area contributed by atoms with Crippen molar-refractivity contribution in [1.29, 1.82) is 0 Å². The molecule has 1 unspecified atom stereocenters. The average Bonchev–Trinajstić information content (AvgIpc) is 3.03. The summed E-state index contributed by atoms with van der Waals surface area (Å²) in [6, 6.07) is 19.1. The Kier molecular flexibility index (Phi) is 13.3. The zero-order chi connectivity index (χ0) is 26.8. The number of allylic oxidation sites excluding steroid dienone is 2. The summed E-state index contributed by atoms with van der Waals surface area (Å²) in [6.07, 6.45) is 7.88. The fourth-order valence-electron chi connectivity index (χ4n) is 3.86. The van der Waals surface area contributed by atoms with E-state index < -0.39 is 24.2 Å². The Balaban J connectivity index is 0.000000375. The molecule has 0 spiro atoms. The quantitative estimate of drug-likeness (QED) is 0.375. The third kappa shape index (κ3) is 10.6. The topological polar surface area (TPSA) is 92.3 Å². The molecule has 0 bridgehead atoms. The van der Waals surface area contributed by atoms with Gasteiger partial charge in [0.25, 0.3) is 0 Å². The van der Waals surface area contributed by atoms with Gasteiger partial charge in [0.2, 0.25) is 6.41 Å². The van der Waals surface area contributed by atoms with Crippen LogP contribution in [0.3, 0.4) is 0 Å². The molecule has 38 heavy (non-hydrogen) atoms. The predicted octanol–water partition coefficient (Wildman–Crippen LogP) is 3.75. The standard InChI is InChI=1S/C22H27NO6.C8H10O/c24-16-23-19-13-26-14-20(27-11-17-7-3-1-4-8-17)21(15-29-22(19)25)28-12-18-9-5-2-6-10-18;1-9-7-8-5-3-2-4-6-8/h1,3-5,7-10,16,19-21H,2,6,11-15H2,(H,23,24);2-6H,7H2,1H3/t19-,20?,21-;/m0./s1. The number of amides is 1. The number of nitrogens with one attached hydrogen (secondary N) is 1. The minimum absolute atomic E-state index is 0.0172. The first kappa shape index (κ1) is 29.3. The highest BCUT2D eigenvalue weighted by Gasteiger charge is 2.30. The number of carbonyl (C=O) groups is 2. The summed E-state index contributed by atoms with van der Waals surface area (Å²) >= 11 is 0. The number of ether oxygens (including phenoxy) is 5. The molecule has 2 aromatic rings. The van der Waals surface area contributed by atoms with E-state index in [-0.39, 0.29) is 19.8 Å². The zero-order valence-electron chi connectivity index (χ0n) is 21.8. The first-order valence-electron chi connectivity index (χ1n) is 12.8. The minimum atomic E-state index is -0.843. The van der Waals surface area contributed by atoms with E-state index in [0.29, 0.717) is 26.2 Å². The zero-order valence-corrected chi connectivity index (χ0v) is 21.8. The van der Waals surface area contributed by atoms with Gasteiger partial charge in [0.1, 0.15) is 18.8 Å². The molecule has 1 heterocycles. The van der Waals surface area contributed by atoms with Crippen molar-refractivity contribution in [1.82, 2.24) is 5.32 Å². The molecule has 8 heteroatoms. The molecule has 0 radical (unpaired) electrons. The number of hydrogen-bond donors (Lipinski definition) is 1. The number of benzene rings is 2. The summed E-state index contributed by atoms with van der Waals surface area (Å²) in [6.45, 7) is 1.77. The molecule has 204 valence electrons. The molecule has 3 atom stereocenters. The summed E-state index contributed by atoms with van der Waals surface area (Å²) in [5.41, 5.74) is 3.34. The molecular formula is C30H37NO7. The Hall–Kier alpha value is -3.30. The lowest BCUT2D eigenvalue weighted by Crippen LogP contribution is -2.41. The van der Waals surface area contributed by atoms with Crippen LogP contribution in [0.1, 0.15) is 24.0 Å². The van der Waals surface area contributed by atoms with Gasteiger partial charge < -0.3 is 29.0 Å². The van der Waals surface area contributed by atoms with Crippen LogP contribution in [0.2, 0.25) is 0 Å². The van der Waals surface area contributed by atoms with Crippen LogP contribution in [0.25, 0.3) is 0 Å². The van der Waals surface area contributed by atoms with E-state index in [4.69, 9.17) is 23.7 Å². The van der Waals surface area contributed by atoms with E-state index in [1.807, 2.05) is 66.7 Å². The first-order valence-corrected chi connectivity index (χ1v) is 12.8. The number of carbonyl (C=O) groups excluding carboxylic acids is 2. The Morgan fingerprint density at radius 3 is 2.16 bits per heavy atom. The highest BCUT2D eigenvalue weighted by molar-refractivity contribution is 5.78. The van der Waals surface area contributed by atoms with Crippen LogP contribution in [0, 0.1) is 0 Å². The molecule has 2 aromatic carbocycles. The SMILES string of the molecule is COCc1ccccc1.O=CN[C@H]1COCC(OCc2ccccc2)[C@@H](OCC2=CCCC=C2)COC1=O. The van der Waals surface area contributed by atoms with E-state index >= 15 is 0 Å². The number of esters is 1. The van der Waals surface area contributed by atoms with Crippen molar-refractivity contribution in [3.05, 3.63) is 95.6 Å². The van der Waals surface area contributed by atoms with Gasteiger partial charge in [-0.05, 0) is 29.5 Å². The van der Waals surface area contributed by atoms with E-state index in [9.17, 15) is 9.59 Å². The Morgan fingerprint density at radius 1 is 0.868 bits per heavy atom. The lowest BCUT2D eigenvalue weighted by Gasteiger charge is -2.26. The lowest BCUT2D eigenvalue weighted by molar-refractivity contribution is -0.155. The third-order valence-corrected chi connectivity index (χ3v) is 5.92. The first-order chi connectivity index (χ1) is 18.7. The monoisotopic (exact) mass is 523 g/mol. The Labute approximate surface area is 224 Å². The molecule has 1 aliphatic carbocycles. The lowest BCUT2D eigenvalue weighted by atomic mass is 10.1. The fraction of sp³-hybridized carbons (Fsp3) is 0.400. The second-order valence-electron chi connectivity index (χ2n) is 8.87. The van der Waals surface area contributed by atoms with Gasteiger partial charge in [-0.1, -0.05) is 78.9 Å². The summed E-state index contributed by atoms with van der Waals surface area (Å²) in [5, 5.41) is 2.42. The van der Waals surface area contributed by atoms with Crippen LogP contribution < -0.4 is 5.32 Å². The molecule has 1 amide bonds. The molecule has 1 fully saturated rings. The third-order valence-electron chi connectivity index (χ3n) is 5.92. The summed E-state index contributed by atoms with van der Waals surface area (Å²) in [7, 11) is 1.70. The van der Waals surface area contributed by atoms with Crippen molar-refractivity contribution in [2.45, 2.75) is 44.3 Å². The number of methoxy groups -OCH3 is 1. The molecule has 1 aliphatic heterocycles. The molecule has 0 aromatic heterocycles. The number of rotatable bonds is 10. The van der Waals surface area contributed by atoms with E-state index in [2.05, 4.69) is 17.5 Å². The van der Waals surface area contributed by atoms with Crippen molar-refractivity contribution in [3.63, 3.8) is 0 Å². The maximum atomic E-state index is 12.2. The van der Waals surface area contributed by atoms with Crippen LogP contribution in [0.4, 0.5) is 0 Å². The average molecular weight is 524 g/mol. The summed E-state index contributed by atoms with van der Waals surface area (Å²) in [4.78, 5) is 22.9. The number of hydrogen-bond acceptors (Lipinski definition) is 7. The molecule has 2 aliphatic rings. The Bertz CT molecular complexity index is 1010. The normalized spacial score (nSPS) is 21.4. The van der Waals surface area contributed by atoms with Crippen molar-refractivity contribution >= 4 is 12.4 Å². The van der Waals surface area contributed by atoms with E-state index in [1.54, 1.807) is 7.11 Å². The van der Waals surface area contributed by atoms with E-state index in [1.165, 1.54) is 5.56 Å². The van der Waals surface area contributed by atoms with Gasteiger partial charge in [-0.3, -0.25) is 4.79 Å². The molecule has 1 saturated heterocycles. The van der Waals surface area contributed by atoms with Gasteiger partial charge >= 0.3 is 5.97 Å². The van der Waals surface area contributed by atoms with Gasteiger partial charge in [-0.2, -0.15) is 0 Å². The maximum Gasteiger partial charge on any atom is 0.331 e. The Morgan fingerprint density at radius 2 is 1.53 bits per heavy atom. The van der Waals surface area contributed by atoms with Crippen molar-refractivity contribution in [2.75, 3.05) is 33.5 Å². The van der Waals surface area contributed by atoms with Gasteiger partial charge in [0, 0.05) is 7.11 Å². The number of cyclic esters (lactones) is 1. The van der Waals surface area contributed by atoms with Crippen molar-refractivity contribution in [2.24, 2.45) is 0 Å². The largest absolute Gasteiger partial charge is 0.461 e. The minimum Gasteiger partial charge on any atom is -0.461 e. The van der Waals surface area contributed by atoms with Crippen molar-refractivity contribution < 1.29 is 33.3 Å². The van der Waals surface area contributed by atoms with Crippen LogP contribution in [0.5, 0.6) is 0 Å². The second kappa shape index (κ2) is 17.3. The van der Waals surface area contributed by atoms with Gasteiger partial charge in [0.05, 0.1) is 33.0 Å². The fourth-order valence-corrected chi connectivity index (χ4v) is 3.86. The van der Waals surface area contributed by atoms with Gasteiger partial charge in [-0.25, -0.2) is 4.79 Å². The molecule has 0 saturated carbocycles. The summed E-state index contributed by atoms with van der Waals surface area (Å²) < 4.78 is 28.1. The van der Waals surface area contributed by atoms with Crippen LogP contribution in [-0.4, -0.2) is 64.2 Å². The highest BCUT2D eigenvalue weighted by Crippen LogP contribution is 2.16. The molecule has 4 rings (SSSR count). The summed E-state index contributed by atoms with van der Waals surface area (Å²) in [5.74, 6) is -0.550. The van der Waals surface area contributed by atoms with Crippen LogP contribution in [0.15, 0.2) is 84.5 Å². The highest BCUT2D eigenvalue weighted by atomic mass is 16.6. The van der Waals surface area contributed by atoms with E-state index in [0.717, 1.165) is 24.0 Å². The smallest absolute Gasteiger partial charge is 0.331 e. The predicted molar refractivity (Wildman–Crippen MR) is 143 cm³/mol. The van der Waals surface area contributed by atoms with Crippen LogP contribution >= 0.6 is 0 Å². The second-order valence-corrected chi connectivity index (χ2v) is 8.87. The molecular weight excluding hydrogens is 486 g/mol. The van der Waals surface area contributed by atoms with Gasteiger partial charge in [0.15, 0.2) is 6.04 Å². The van der Waals surface area contributed by atoms with Gasteiger partial charge in [-0.15, -0.1) is 0 Å². The van der Waals surface area contributed by atoms with Crippen LogP contribution in [-0.2, 0) is 46.5 Å². The maximum absolute atomic E-state index is 12.2. The molecule has 8 nitrogen and oxygen atoms in total. The molecule has 1 N–H and O–H groups in total. The van der Waals surface area contributed by atoms with Crippen molar-refractivity contribution in [3.8, 4) is 0 Å².